The van der Waals surface area contributed by atoms with Gasteiger partial charge in [-0.1, -0.05) is 12.1 Å². The fourth-order valence-corrected chi connectivity index (χ4v) is 3.14. The molecule has 0 aliphatic heterocycles. The van der Waals surface area contributed by atoms with E-state index in [1.54, 1.807) is 6.07 Å². The number of nitro benzene ring substituents is 1. The van der Waals surface area contributed by atoms with Gasteiger partial charge in [0.1, 0.15) is 11.9 Å². The molecule has 0 saturated heterocycles. The summed E-state index contributed by atoms with van der Waals surface area (Å²) in [5.74, 6) is 0.719. The first kappa shape index (κ1) is 16.7. The standard InChI is InChI=1S/C17H13N5O2S/c1-2-19-16-13-5-3-4-6-14(13)20-17(21-16)25-15-8-7-12(22(23)24)9-11(15)10-18/h3-9H,2H2,1H3,(H,19,20,21). The predicted octanol–water partition coefficient (Wildman–Crippen LogP) is 3.99. The molecular formula is C17H13N5O2S. The lowest BCUT2D eigenvalue weighted by Gasteiger charge is -2.09. The molecule has 1 N–H and O–H groups in total. The number of nitro groups is 1. The minimum atomic E-state index is -0.523. The Labute approximate surface area is 147 Å². The van der Waals surface area contributed by atoms with E-state index >= 15 is 0 Å². The molecule has 3 aromatic rings. The van der Waals surface area contributed by atoms with E-state index in [0.29, 0.717) is 16.6 Å². The van der Waals surface area contributed by atoms with Gasteiger partial charge in [0.2, 0.25) is 0 Å². The summed E-state index contributed by atoms with van der Waals surface area (Å²) in [5, 5.41) is 24.7. The topological polar surface area (TPSA) is 105 Å². The number of aromatic nitrogens is 2. The number of non-ortho nitro benzene ring substituents is 1. The Morgan fingerprint density at radius 2 is 2.08 bits per heavy atom. The van der Waals surface area contributed by atoms with E-state index in [1.807, 2.05) is 37.3 Å². The highest BCUT2D eigenvalue weighted by molar-refractivity contribution is 7.99. The predicted molar refractivity (Wildman–Crippen MR) is 95.6 cm³/mol. The number of hydrogen-bond acceptors (Lipinski definition) is 7. The Kier molecular flexibility index (Phi) is 4.77. The second kappa shape index (κ2) is 7.15. The molecule has 3 rings (SSSR count). The number of fused-ring (bicyclic) bond motifs is 1. The third-order valence-electron chi connectivity index (χ3n) is 3.42. The molecule has 0 fully saturated rings. The molecule has 0 aliphatic carbocycles. The molecule has 0 unspecified atom stereocenters. The van der Waals surface area contributed by atoms with Crippen molar-refractivity contribution in [1.29, 1.82) is 5.26 Å². The number of nitrogens with zero attached hydrogens (tertiary/aromatic N) is 4. The lowest BCUT2D eigenvalue weighted by molar-refractivity contribution is -0.384. The van der Waals surface area contributed by atoms with Crippen molar-refractivity contribution in [2.45, 2.75) is 17.0 Å². The fourth-order valence-electron chi connectivity index (χ4n) is 2.31. The Hall–Kier alpha value is -3.18. The van der Waals surface area contributed by atoms with Gasteiger partial charge in [-0.05, 0) is 36.9 Å². The van der Waals surface area contributed by atoms with Gasteiger partial charge in [-0.3, -0.25) is 10.1 Å². The summed E-state index contributed by atoms with van der Waals surface area (Å²) in [6, 6.07) is 13.8. The van der Waals surface area contributed by atoms with Crippen molar-refractivity contribution in [3.63, 3.8) is 0 Å². The molecule has 0 radical (unpaired) electrons. The zero-order valence-electron chi connectivity index (χ0n) is 13.3. The van der Waals surface area contributed by atoms with Gasteiger partial charge in [0, 0.05) is 29.0 Å². The van der Waals surface area contributed by atoms with E-state index in [-0.39, 0.29) is 11.3 Å². The molecular weight excluding hydrogens is 338 g/mol. The molecule has 2 aromatic carbocycles. The number of rotatable bonds is 5. The van der Waals surface area contributed by atoms with Gasteiger partial charge >= 0.3 is 0 Å². The number of para-hydroxylation sites is 1. The quantitative estimate of drug-likeness (QED) is 0.421. The normalized spacial score (nSPS) is 10.4. The summed E-state index contributed by atoms with van der Waals surface area (Å²) in [7, 11) is 0. The van der Waals surface area contributed by atoms with Crippen molar-refractivity contribution < 1.29 is 4.92 Å². The second-order valence-electron chi connectivity index (χ2n) is 5.05. The van der Waals surface area contributed by atoms with Crippen LogP contribution in [-0.4, -0.2) is 21.4 Å². The summed E-state index contributed by atoms with van der Waals surface area (Å²) in [5.41, 5.74) is 0.894. The van der Waals surface area contributed by atoms with Gasteiger partial charge < -0.3 is 5.32 Å². The molecule has 124 valence electrons. The van der Waals surface area contributed by atoms with Gasteiger partial charge in [-0.2, -0.15) is 5.26 Å². The highest BCUT2D eigenvalue weighted by atomic mass is 32.2. The van der Waals surface area contributed by atoms with Gasteiger partial charge in [0.05, 0.1) is 16.0 Å². The van der Waals surface area contributed by atoms with E-state index in [4.69, 9.17) is 0 Å². The minimum absolute atomic E-state index is 0.117. The molecule has 0 atom stereocenters. The van der Waals surface area contributed by atoms with Gasteiger partial charge in [0.15, 0.2) is 5.16 Å². The first-order valence-electron chi connectivity index (χ1n) is 7.49. The second-order valence-corrected chi connectivity index (χ2v) is 6.06. The third kappa shape index (κ3) is 3.51. The van der Waals surface area contributed by atoms with Crippen LogP contribution in [-0.2, 0) is 0 Å². The molecule has 1 aromatic heterocycles. The van der Waals surface area contributed by atoms with Crippen LogP contribution >= 0.6 is 11.8 Å². The van der Waals surface area contributed by atoms with E-state index in [9.17, 15) is 15.4 Å². The molecule has 25 heavy (non-hydrogen) atoms. The SMILES string of the molecule is CCNc1nc(Sc2ccc([N+](=O)[O-])cc2C#N)nc2ccccc12. The summed E-state index contributed by atoms with van der Waals surface area (Å²) < 4.78 is 0. The molecule has 7 nitrogen and oxygen atoms in total. The highest BCUT2D eigenvalue weighted by Gasteiger charge is 2.14. The van der Waals surface area contributed by atoms with Crippen LogP contribution < -0.4 is 5.32 Å². The van der Waals surface area contributed by atoms with Crippen LogP contribution in [0.4, 0.5) is 11.5 Å². The van der Waals surface area contributed by atoms with E-state index in [1.165, 1.54) is 23.9 Å². The largest absolute Gasteiger partial charge is 0.370 e. The smallest absolute Gasteiger partial charge is 0.270 e. The average molecular weight is 351 g/mol. The van der Waals surface area contributed by atoms with Crippen molar-refractivity contribution in [3.8, 4) is 6.07 Å². The van der Waals surface area contributed by atoms with Crippen LogP contribution in [0.5, 0.6) is 0 Å². The summed E-state index contributed by atoms with van der Waals surface area (Å²) >= 11 is 1.21. The van der Waals surface area contributed by atoms with Crippen LogP contribution in [0.2, 0.25) is 0 Å². The molecule has 0 spiro atoms. The van der Waals surface area contributed by atoms with Crippen LogP contribution in [0, 0.1) is 21.4 Å². The van der Waals surface area contributed by atoms with Crippen molar-refractivity contribution >= 4 is 34.2 Å². The monoisotopic (exact) mass is 351 g/mol. The Morgan fingerprint density at radius 3 is 2.80 bits per heavy atom. The van der Waals surface area contributed by atoms with Gasteiger partial charge in [-0.15, -0.1) is 0 Å². The number of benzene rings is 2. The van der Waals surface area contributed by atoms with Crippen LogP contribution in [0.25, 0.3) is 10.9 Å². The maximum absolute atomic E-state index is 10.9. The highest BCUT2D eigenvalue weighted by Crippen LogP contribution is 2.32. The first-order valence-corrected chi connectivity index (χ1v) is 8.31. The van der Waals surface area contributed by atoms with Crippen LogP contribution in [0.1, 0.15) is 12.5 Å². The van der Waals surface area contributed by atoms with E-state index < -0.39 is 4.92 Å². The van der Waals surface area contributed by atoms with Gasteiger partial charge in [0.25, 0.3) is 5.69 Å². The molecule has 0 aliphatic rings. The maximum atomic E-state index is 10.9. The molecule has 0 amide bonds. The summed E-state index contributed by atoms with van der Waals surface area (Å²) in [6.07, 6.45) is 0. The van der Waals surface area contributed by atoms with Gasteiger partial charge in [-0.25, -0.2) is 9.97 Å². The molecule has 8 heteroatoms. The molecule has 0 saturated carbocycles. The number of anilines is 1. The summed E-state index contributed by atoms with van der Waals surface area (Å²) in [4.78, 5) is 19.9. The fraction of sp³-hybridized carbons (Fsp3) is 0.118. The zero-order chi connectivity index (χ0) is 17.8. The zero-order valence-corrected chi connectivity index (χ0v) is 14.1. The Morgan fingerprint density at radius 1 is 1.28 bits per heavy atom. The average Bonchev–Trinajstić information content (AvgIpc) is 2.62. The van der Waals surface area contributed by atoms with Crippen molar-refractivity contribution in [2.24, 2.45) is 0 Å². The lowest BCUT2D eigenvalue weighted by atomic mass is 10.2. The van der Waals surface area contributed by atoms with Crippen molar-refractivity contribution in [2.75, 3.05) is 11.9 Å². The Bertz CT molecular complexity index is 1000. The number of nitrogens with one attached hydrogen (secondary N) is 1. The van der Waals surface area contributed by atoms with E-state index in [2.05, 4.69) is 15.3 Å². The molecule has 1 heterocycles. The van der Waals surface area contributed by atoms with Crippen molar-refractivity contribution in [1.82, 2.24) is 9.97 Å². The van der Waals surface area contributed by atoms with Crippen molar-refractivity contribution in [3.05, 3.63) is 58.1 Å². The van der Waals surface area contributed by atoms with Crippen LogP contribution in [0.15, 0.2) is 52.5 Å². The number of nitriles is 1. The molecule has 0 bridgehead atoms. The lowest BCUT2D eigenvalue weighted by Crippen LogP contribution is -2.02. The van der Waals surface area contributed by atoms with Crippen LogP contribution in [0.3, 0.4) is 0 Å². The minimum Gasteiger partial charge on any atom is -0.370 e. The summed E-state index contributed by atoms with van der Waals surface area (Å²) in [6.45, 7) is 2.69. The third-order valence-corrected chi connectivity index (χ3v) is 4.36. The first-order chi connectivity index (χ1) is 12.1. The van der Waals surface area contributed by atoms with E-state index in [0.717, 1.165) is 16.7 Å². The Balaban J connectivity index is 2.03. The number of hydrogen-bond donors (Lipinski definition) is 1. The maximum Gasteiger partial charge on any atom is 0.270 e.